The van der Waals surface area contributed by atoms with E-state index in [1.54, 1.807) is 0 Å². The zero-order valence-corrected chi connectivity index (χ0v) is 12.3. The van der Waals surface area contributed by atoms with Gasteiger partial charge in [0.2, 0.25) is 5.91 Å². The summed E-state index contributed by atoms with van der Waals surface area (Å²) in [4.78, 5) is 16.1. The van der Waals surface area contributed by atoms with Gasteiger partial charge in [-0.05, 0) is 37.3 Å². The number of para-hydroxylation sites is 1. The molecule has 2 aliphatic carbocycles. The topological polar surface area (TPSA) is 44.9 Å². The first-order chi connectivity index (χ1) is 10.3. The summed E-state index contributed by atoms with van der Waals surface area (Å²) in [5, 5.41) is 4.52. The standard InChI is InChI=1S/C18H22N2O/c21-17(20-13-6-2-1-3-7-13)18(10-11-18)15-12-19-16-9-5-4-8-14(15)16/h4-5,8-9,12-13,19H,1-3,6-7,10-11H2,(H,20,21). The SMILES string of the molecule is O=C(NC1CCCCC1)C1(c2c[nH]c3ccccc23)CC1. The minimum Gasteiger partial charge on any atom is -0.361 e. The van der Waals surface area contributed by atoms with Gasteiger partial charge in [-0.25, -0.2) is 0 Å². The maximum atomic E-state index is 12.8. The fourth-order valence-electron chi connectivity index (χ4n) is 3.78. The Balaban J connectivity index is 1.59. The molecule has 4 rings (SSSR count). The first kappa shape index (κ1) is 12.9. The first-order valence-corrected chi connectivity index (χ1v) is 8.17. The van der Waals surface area contributed by atoms with E-state index in [4.69, 9.17) is 0 Å². The molecule has 1 aromatic heterocycles. The third kappa shape index (κ3) is 2.15. The molecule has 2 aromatic rings. The van der Waals surface area contributed by atoms with Crippen molar-refractivity contribution in [3.8, 4) is 0 Å². The lowest BCUT2D eigenvalue weighted by Crippen LogP contribution is -2.42. The zero-order chi connectivity index (χ0) is 14.3. The van der Waals surface area contributed by atoms with E-state index in [0.717, 1.165) is 31.2 Å². The van der Waals surface area contributed by atoms with Crippen LogP contribution in [0.4, 0.5) is 0 Å². The van der Waals surface area contributed by atoms with Crippen molar-refractivity contribution >= 4 is 16.8 Å². The molecule has 2 aliphatic rings. The quantitative estimate of drug-likeness (QED) is 0.886. The van der Waals surface area contributed by atoms with Gasteiger partial charge < -0.3 is 10.3 Å². The fourth-order valence-corrected chi connectivity index (χ4v) is 3.78. The molecule has 0 atom stereocenters. The highest BCUT2D eigenvalue weighted by molar-refractivity contribution is 5.97. The Hall–Kier alpha value is -1.77. The number of nitrogens with one attached hydrogen (secondary N) is 2. The van der Waals surface area contributed by atoms with Gasteiger partial charge in [-0.2, -0.15) is 0 Å². The molecule has 2 fully saturated rings. The van der Waals surface area contributed by atoms with E-state index in [-0.39, 0.29) is 11.3 Å². The van der Waals surface area contributed by atoms with E-state index in [0.29, 0.717) is 6.04 Å². The normalized spacial score (nSPS) is 21.3. The van der Waals surface area contributed by atoms with Gasteiger partial charge >= 0.3 is 0 Å². The maximum Gasteiger partial charge on any atom is 0.230 e. The van der Waals surface area contributed by atoms with Crippen LogP contribution in [0, 0.1) is 0 Å². The largest absolute Gasteiger partial charge is 0.361 e. The van der Waals surface area contributed by atoms with Crippen LogP contribution in [0.15, 0.2) is 30.5 Å². The lowest BCUT2D eigenvalue weighted by molar-refractivity contribution is -0.124. The summed E-state index contributed by atoms with van der Waals surface area (Å²) >= 11 is 0. The number of aromatic nitrogens is 1. The highest BCUT2D eigenvalue weighted by Gasteiger charge is 2.52. The van der Waals surface area contributed by atoms with Crippen molar-refractivity contribution in [2.45, 2.75) is 56.4 Å². The number of fused-ring (bicyclic) bond motifs is 1. The highest BCUT2D eigenvalue weighted by atomic mass is 16.2. The Bertz CT molecular complexity index is 663. The van der Waals surface area contributed by atoms with Gasteiger partial charge in [0, 0.05) is 23.1 Å². The predicted octanol–water partition coefficient (Wildman–Crippen LogP) is 3.65. The summed E-state index contributed by atoms with van der Waals surface area (Å²) in [5.74, 6) is 0.249. The number of H-pyrrole nitrogens is 1. The van der Waals surface area contributed by atoms with E-state index >= 15 is 0 Å². The lowest BCUT2D eigenvalue weighted by Gasteiger charge is -2.25. The van der Waals surface area contributed by atoms with Crippen molar-refractivity contribution in [1.29, 1.82) is 0 Å². The molecule has 0 aliphatic heterocycles. The Morgan fingerprint density at radius 3 is 2.67 bits per heavy atom. The smallest absolute Gasteiger partial charge is 0.230 e. The molecule has 110 valence electrons. The summed E-state index contributed by atoms with van der Waals surface area (Å²) < 4.78 is 0. The summed E-state index contributed by atoms with van der Waals surface area (Å²) in [6.07, 6.45) is 10.1. The van der Waals surface area contributed by atoms with Gasteiger partial charge in [0.05, 0.1) is 5.41 Å². The molecule has 21 heavy (non-hydrogen) atoms. The first-order valence-electron chi connectivity index (χ1n) is 8.17. The van der Waals surface area contributed by atoms with Gasteiger partial charge in [-0.15, -0.1) is 0 Å². The second-order valence-corrected chi connectivity index (χ2v) is 6.64. The maximum absolute atomic E-state index is 12.8. The molecule has 3 heteroatoms. The zero-order valence-electron chi connectivity index (χ0n) is 12.3. The molecule has 3 nitrogen and oxygen atoms in total. The van der Waals surface area contributed by atoms with E-state index in [2.05, 4.69) is 28.5 Å². The molecule has 1 amide bonds. The number of carbonyl (C=O) groups excluding carboxylic acids is 1. The number of hydrogen-bond donors (Lipinski definition) is 2. The van der Waals surface area contributed by atoms with Crippen LogP contribution >= 0.6 is 0 Å². The van der Waals surface area contributed by atoms with Crippen molar-refractivity contribution in [2.75, 3.05) is 0 Å². The van der Waals surface area contributed by atoms with Gasteiger partial charge in [-0.3, -0.25) is 4.79 Å². The Labute approximate surface area is 125 Å². The molecule has 0 bridgehead atoms. The van der Waals surface area contributed by atoms with Crippen LogP contribution < -0.4 is 5.32 Å². The van der Waals surface area contributed by atoms with Gasteiger partial charge in [0.15, 0.2) is 0 Å². The van der Waals surface area contributed by atoms with E-state index < -0.39 is 0 Å². The van der Waals surface area contributed by atoms with Crippen molar-refractivity contribution in [3.63, 3.8) is 0 Å². The molecule has 1 aromatic carbocycles. The molecular weight excluding hydrogens is 260 g/mol. The average Bonchev–Trinajstić information content (AvgIpc) is 3.22. The van der Waals surface area contributed by atoms with Gasteiger partial charge in [-0.1, -0.05) is 37.5 Å². The van der Waals surface area contributed by atoms with E-state index in [1.807, 2.05) is 12.3 Å². The lowest BCUT2D eigenvalue weighted by atomic mass is 9.91. The Morgan fingerprint density at radius 1 is 1.14 bits per heavy atom. The molecule has 1 heterocycles. The fraction of sp³-hybridized carbons (Fsp3) is 0.500. The van der Waals surface area contributed by atoms with Gasteiger partial charge in [0.1, 0.15) is 0 Å². The van der Waals surface area contributed by atoms with Crippen LogP contribution in [0.25, 0.3) is 10.9 Å². The number of benzene rings is 1. The summed E-state index contributed by atoms with van der Waals surface area (Å²) in [5.41, 5.74) is 2.05. The van der Waals surface area contributed by atoms with Crippen LogP contribution in [0.5, 0.6) is 0 Å². The molecule has 0 unspecified atom stereocenters. The number of amides is 1. The Morgan fingerprint density at radius 2 is 1.90 bits per heavy atom. The minimum absolute atomic E-state index is 0.249. The summed E-state index contributed by atoms with van der Waals surface area (Å²) in [7, 11) is 0. The average molecular weight is 282 g/mol. The van der Waals surface area contributed by atoms with Crippen LogP contribution in [-0.2, 0) is 10.2 Å². The molecular formula is C18H22N2O. The summed E-state index contributed by atoms with van der Waals surface area (Å²) in [6, 6.07) is 8.68. The van der Waals surface area contributed by atoms with Crippen molar-refractivity contribution < 1.29 is 4.79 Å². The van der Waals surface area contributed by atoms with Crippen LogP contribution in [0.2, 0.25) is 0 Å². The number of carbonyl (C=O) groups is 1. The molecule has 2 saturated carbocycles. The van der Waals surface area contributed by atoms with Gasteiger partial charge in [0.25, 0.3) is 0 Å². The molecule has 0 saturated heterocycles. The van der Waals surface area contributed by atoms with Crippen LogP contribution in [-0.4, -0.2) is 16.9 Å². The molecule has 0 radical (unpaired) electrons. The van der Waals surface area contributed by atoms with Crippen molar-refractivity contribution in [3.05, 3.63) is 36.0 Å². The second-order valence-electron chi connectivity index (χ2n) is 6.64. The molecule has 2 N–H and O–H groups in total. The third-order valence-corrected chi connectivity index (χ3v) is 5.23. The molecule has 0 spiro atoms. The van der Waals surface area contributed by atoms with E-state index in [9.17, 15) is 4.79 Å². The van der Waals surface area contributed by atoms with Crippen molar-refractivity contribution in [2.24, 2.45) is 0 Å². The van der Waals surface area contributed by atoms with Crippen molar-refractivity contribution in [1.82, 2.24) is 10.3 Å². The van der Waals surface area contributed by atoms with Crippen LogP contribution in [0.1, 0.15) is 50.5 Å². The summed E-state index contributed by atoms with van der Waals surface area (Å²) in [6.45, 7) is 0. The second kappa shape index (κ2) is 4.90. The Kier molecular flexibility index (Phi) is 3.02. The predicted molar refractivity (Wildman–Crippen MR) is 84.2 cm³/mol. The monoisotopic (exact) mass is 282 g/mol. The minimum atomic E-state index is -0.267. The number of aromatic amines is 1. The van der Waals surface area contributed by atoms with E-state index in [1.165, 1.54) is 30.2 Å². The number of rotatable bonds is 3. The third-order valence-electron chi connectivity index (χ3n) is 5.23. The highest BCUT2D eigenvalue weighted by Crippen LogP contribution is 2.50. The number of hydrogen-bond acceptors (Lipinski definition) is 1. The van der Waals surface area contributed by atoms with Crippen LogP contribution in [0.3, 0.4) is 0 Å².